The van der Waals surface area contributed by atoms with Gasteiger partial charge in [0, 0.05) is 38.2 Å². The second kappa shape index (κ2) is 10.5. The van der Waals surface area contributed by atoms with Crippen molar-refractivity contribution in [2.75, 3.05) is 0 Å². The van der Waals surface area contributed by atoms with Crippen molar-refractivity contribution in [1.82, 2.24) is 9.38 Å². The van der Waals surface area contributed by atoms with Crippen molar-refractivity contribution in [2.24, 2.45) is 10.8 Å². The first-order valence-corrected chi connectivity index (χ1v) is 11.3. The Balaban J connectivity index is 0.00000136. The Hall–Kier alpha value is -1.08. The number of fused-ring (bicyclic) bond motifs is 8. The molecule has 4 heteroatoms. The van der Waals surface area contributed by atoms with E-state index >= 15 is 0 Å². The van der Waals surface area contributed by atoms with Gasteiger partial charge in [-0.1, -0.05) is 65.1 Å². The Bertz CT molecular complexity index is 1450. The Morgan fingerprint density at radius 1 is 0.794 bits per heavy atom. The summed E-state index contributed by atoms with van der Waals surface area (Å²) in [5.74, 6) is 0. The fraction of sp³-hybridized carbons (Fsp3) is 0.333. The molecular formula is C30H34N2PtY. The summed E-state index contributed by atoms with van der Waals surface area (Å²) in [4.78, 5) is 5.04. The first-order valence-electron chi connectivity index (χ1n) is 11.3. The molecule has 0 saturated heterocycles. The summed E-state index contributed by atoms with van der Waals surface area (Å²) in [7, 11) is 0. The molecule has 2 heterocycles. The summed E-state index contributed by atoms with van der Waals surface area (Å²) in [6.07, 6.45) is 2.10. The van der Waals surface area contributed by atoms with Gasteiger partial charge >= 0.3 is 21.1 Å². The standard InChI is InChI=1S/C29H31N2.CH3.Pt.Y/c1-28(2,3)17-19-12-14-25-23(15-19)21-9-7-8-10-22(21)27-30-24-13-11-20(18-29(4,5)6)16-26(24)31(25)27;;;/h7-9,11-16H,17-18H2,1-6H3;1H3;;/q2*-1;+2;. The Morgan fingerprint density at radius 3 is 2.06 bits per heavy atom. The van der Waals surface area contributed by atoms with E-state index in [9.17, 15) is 0 Å². The largest absolute Gasteiger partial charge is 2.00 e. The van der Waals surface area contributed by atoms with E-state index in [1.807, 2.05) is 6.07 Å². The van der Waals surface area contributed by atoms with Crippen molar-refractivity contribution in [3.05, 3.63) is 79.2 Å². The number of pyridine rings is 1. The van der Waals surface area contributed by atoms with E-state index < -0.39 is 0 Å². The summed E-state index contributed by atoms with van der Waals surface area (Å²) >= 11 is 0. The minimum absolute atomic E-state index is 0. The summed E-state index contributed by atoms with van der Waals surface area (Å²) < 4.78 is 2.34. The van der Waals surface area contributed by atoms with Crippen LogP contribution in [0.1, 0.15) is 52.7 Å². The zero-order valence-electron chi connectivity index (χ0n) is 21.4. The Kier molecular flexibility index (Phi) is 9.00. The van der Waals surface area contributed by atoms with E-state index in [1.54, 1.807) is 0 Å². The fourth-order valence-electron chi connectivity index (χ4n) is 4.82. The van der Waals surface area contributed by atoms with E-state index in [2.05, 4.69) is 101 Å². The van der Waals surface area contributed by atoms with Crippen LogP contribution < -0.4 is 0 Å². The molecule has 0 fully saturated rings. The SMILES string of the molecule is CC(C)(C)Cc1ccc2c(c1)c1ccc[c-]c1c1nc3ccc(CC(C)(C)C)cc3n21.[CH3-].[Pt+2].[Y]. The molecule has 177 valence electrons. The molecule has 0 saturated carbocycles. The van der Waals surface area contributed by atoms with Crippen molar-refractivity contribution in [3.63, 3.8) is 0 Å². The van der Waals surface area contributed by atoms with E-state index in [1.165, 1.54) is 32.9 Å². The minimum Gasteiger partial charge on any atom is -0.358 e. The average Bonchev–Trinajstić information content (AvgIpc) is 3.05. The maximum atomic E-state index is 5.04. The first kappa shape index (κ1) is 29.2. The molecule has 0 bridgehead atoms. The van der Waals surface area contributed by atoms with Crippen LogP contribution in [-0.4, -0.2) is 9.38 Å². The number of hydrogen-bond acceptors (Lipinski definition) is 1. The van der Waals surface area contributed by atoms with Gasteiger partial charge in [0.05, 0.1) is 16.7 Å². The molecule has 0 spiro atoms. The summed E-state index contributed by atoms with van der Waals surface area (Å²) in [5, 5.41) is 3.60. The van der Waals surface area contributed by atoms with Gasteiger partial charge in [0.2, 0.25) is 0 Å². The van der Waals surface area contributed by atoms with Gasteiger partial charge in [0.25, 0.3) is 0 Å². The monoisotopic (exact) mass is 706 g/mol. The van der Waals surface area contributed by atoms with Crippen LogP contribution in [0.25, 0.3) is 38.4 Å². The summed E-state index contributed by atoms with van der Waals surface area (Å²) in [5.41, 5.74) is 7.68. The number of hydrogen-bond donors (Lipinski definition) is 0. The number of imidazole rings is 1. The third kappa shape index (κ3) is 5.66. The molecule has 0 aliphatic carbocycles. The van der Waals surface area contributed by atoms with Crippen LogP contribution in [0.2, 0.25) is 0 Å². The molecule has 3 aromatic carbocycles. The molecule has 0 unspecified atom stereocenters. The molecule has 5 aromatic rings. The first-order chi connectivity index (χ1) is 14.6. The van der Waals surface area contributed by atoms with Gasteiger partial charge in [-0.15, -0.1) is 29.7 Å². The van der Waals surface area contributed by atoms with Crippen molar-refractivity contribution in [3.8, 4) is 0 Å². The van der Waals surface area contributed by atoms with Gasteiger partial charge in [-0.3, -0.25) is 4.98 Å². The van der Waals surface area contributed by atoms with Crippen LogP contribution >= 0.6 is 0 Å². The van der Waals surface area contributed by atoms with Crippen LogP contribution in [0.15, 0.2) is 54.6 Å². The average molecular weight is 707 g/mol. The van der Waals surface area contributed by atoms with Crippen LogP contribution in [0.4, 0.5) is 0 Å². The predicted molar refractivity (Wildman–Crippen MR) is 139 cm³/mol. The smallest absolute Gasteiger partial charge is 0.358 e. The van der Waals surface area contributed by atoms with Gasteiger partial charge in [-0.2, -0.15) is 0 Å². The van der Waals surface area contributed by atoms with Crippen molar-refractivity contribution < 1.29 is 53.8 Å². The summed E-state index contributed by atoms with van der Waals surface area (Å²) in [6.45, 7) is 13.8. The molecular weight excluding hydrogens is 672 g/mol. The molecule has 0 N–H and O–H groups in total. The maximum absolute atomic E-state index is 5.04. The van der Waals surface area contributed by atoms with Crippen LogP contribution in [-0.2, 0) is 66.6 Å². The second-order valence-electron chi connectivity index (χ2n) is 11.4. The van der Waals surface area contributed by atoms with E-state index in [4.69, 9.17) is 4.98 Å². The Labute approximate surface area is 244 Å². The third-order valence-corrected chi connectivity index (χ3v) is 5.86. The normalized spacial score (nSPS) is 11.9. The molecule has 1 radical (unpaired) electrons. The fourth-order valence-corrected chi connectivity index (χ4v) is 4.82. The van der Waals surface area contributed by atoms with E-state index in [0.717, 1.165) is 29.4 Å². The number of rotatable bonds is 2. The molecule has 34 heavy (non-hydrogen) atoms. The molecule has 2 nitrogen and oxygen atoms in total. The quantitative estimate of drug-likeness (QED) is 0.134. The molecule has 0 atom stereocenters. The van der Waals surface area contributed by atoms with Gasteiger partial charge < -0.3 is 11.8 Å². The van der Waals surface area contributed by atoms with Crippen LogP contribution in [0.3, 0.4) is 0 Å². The zero-order valence-corrected chi connectivity index (χ0v) is 26.5. The van der Waals surface area contributed by atoms with Crippen molar-refractivity contribution >= 4 is 38.4 Å². The third-order valence-electron chi connectivity index (χ3n) is 5.86. The number of aromatic nitrogens is 2. The van der Waals surface area contributed by atoms with Gasteiger partial charge in [-0.05, 0) is 58.4 Å². The molecule has 0 amide bonds. The van der Waals surface area contributed by atoms with Crippen LogP contribution in [0.5, 0.6) is 0 Å². The summed E-state index contributed by atoms with van der Waals surface area (Å²) in [6, 6.07) is 23.5. The number of benzene rings is 3. The molecule has 2 aromatic heterocycles. The molecule has 0 aliphatic rings. The Morgan fingerprint density at radius 2 is 1.41 bits per heavy atom. The minimum atomic E-state index is 0. The predicted octanol–water partition coefficient (Wildman–Crippen LogP) is 8.22. The molecule has 0 aliphatic heterocycles. The topological polar surface area (TPSA) is 17.3 Å². The maximum Gasteiger partial charge on any atom is 2.00 e. The van der Waals surface area contributed by atoms with Crippen molar-refractivity contribution in [1.29, 1.82) is 0 Å². The van der Waals surface area contributed by atoms with Crippen molar-refractivity contribution in [2.45, 2.75) is 54.4 Å². The second-order valence-corrected chi connectivity index (χ2v) is 11.4. The molecule has 5 rings (SSSR count). The zero-order chi connectivity index (χ0) is 22.0. The van der Waals surface area contributed by atoms with Gasteiger partial charge in [0.15, 0.2) is 0 Å². The van der Waals surface area contributed by atoms with E-state index in [0.29, 0.717) is 0 Å². The van der Waals surface area contributed by atoms with Crippen LogP contribution in [0, 0.1) is 24.3 Å². The van der Waals surface area contributed by atoms with Gasteiger partial charge in [-0.25, -0.2) is 0 Å². The van der Waals surface area contributed by atoms with E-state index in [-0.39, 0.29) is 72.0 Å². The number of nitrogens with zero attached hydrogens (tertiary/aromatic N) is 2. The van der Waals surface area contributed by atoms with Gasteiger partial charge in [0.1, 0.15) is 0 Å².